The Hall–Kier alpha value is -1.55. The summed E-state index contributed by atoms with van der Waals surface area (Å²) in [6.07, 6.45) is 1.09. The van der Waals surface area contributed by atoms with E-state index in [9.17, 15) is 4.79 Å². The van der Waals surface area contributed by atoms with Gasteiger partial charge < -0.3 is 15.5 Å². The number of anilines is 1. The summed E-state index contributed by atoms with van der Waals surface area (Å²) in [6, 6.07) is 8.45. The second-order valence-electron chi connectivity index (χ2n) is 6.51. The summed E-state index contributed by atoms with van der Waals surface area (Å²) in [5, 5.41) is 6.43. The van der Waals surface area contributed by atoms with Crippen molar-refractivity contribution in [2.24, 2.45) is 5.92 Å². The lowest BCUT2D eigenvalue weighted by Gasteiger charge is -2.26. The molecular weight excluding hydrogens is 262 g/mol. The number of nitrogens with zero attached hydrogens (tertiary/aromatic N) is 1. The fraction of sp³-hybridized carbons (Fsp3) is 0.588. The molecule has 1 aliphatic heterocycles. The maximum Gasteiger partial charge on any atom is 0.229 e. The van der Waals surface area contributed by atoms with Crippen LogP contribution in [-0.2, 0) is 4.79 Å². The molecule has 21 heavy (non-hydrogen) atoms. The first-order chi connectivity index (χ1) is 9.99. The number of nitrogens with one attached hydrogen (secondary N) is 2. The number of likely N-dealkylation sites (N-methyl/N-ethyl adjacent to an activating group) is 1. The van der Waals surface area contributed by atoms with Crippen molar-refractivity contribution >= 4 is 11.6 Å². The van der Waals surface area contributed by atoms with Crippen molar-refractivity contribution < 1.29 is 4.79 Å². The maximum atomic E-state index is 12.5. The molecule has 2 rings (SSSR count). The number of fused-ring (bicyclic) bond motifs is 1. The molecule has 0 aliphatic carbocycles. The Balaban J connectivity index is 1.93. The molecule has 4 heteroatoms. The molecule has 4 nitrogen and oxygen atoms in total. The van der Waals surface area contributed by atoms with Gasteiger partial charge in [-0.15, -0.1) is 0 Å². The fourth-order valence-electron chi connectivity index (χ4n) is 2.88. The molecule has 1 aliphatic rings. The number of benzene rings is 1. The molecule has 2 unspecified atom stereocenters. The molecule has 2 N–H and O–H groups in total. The lowest BCUT2D eigenvalue weighted by molar-refractivity contribution is -0.122. The van der Waals surface area contributed by atoms with E-state index in [1.165, 1.54) is 0 Å². The third-order valence-electron chi connectivity index (χ3n) is 4.14. The van der Waals surface area contributed by atoms with Gasteiger partial charge >= 0.3 is 0 Å². The van der Waals surface area contributed by atoms with E-state index >= 15 is 0 Å². The third-order valence-corrected chi connectivity index (χ3v) is 4.14. The van der Waals surface area contributed by atoms with Crippen molar-refractivity contribution in [3.8, 4) is 0 Å². The normalized spacial score (nSPS) is 18.5. The number of rotatable bonds is 6. The first-order valence-electron chi connectivity index (χ1n) is 7.76. The lowest BCUT2D eigenvalue weighted by Crippen LogP contribution is -2.42. The van der Waals surface area contributed by atoms with E-state index in [1.54, 1.807) is 0 Å². The molecule has 0 bridgehead atoms. The first-order valence-corrected chi connectivity index (χ1v) is 7.76. The minimum absolute atomic E-state index is 0.0666. The number of hydrogen-bond acceptors (Lipinski definition) is 3. The van der Waals surface area contributed by atoms with Crippen LogP contribution in [0.5, 0.6) is 0 Å². The number of para-hydroxylation sites is 1. The van der Waals surface area contributed by atoms with Crippen LogP contribution in [0.1, 0.15) is 31.7 Å². The van der Waals surface area contributed by atoms with E-state index in [2.05, 4.69) is 43.5 Å². The van der Waals surface area contributed by atoms with E-state index < -0.39 is 0 Å². The first kappa shape index (κ1) is 15.8. The molecule has 0 radical (unpaired) electrons. The summed E-state index contributed by atoms with van der Waals surface area (Å²) in [4.78, 5) is 14.6. The van der Waals surface area contributed by atoms with Crippen molar-refractivity contribution in [3.63, 3.8) is 0 Å². The lowest BCUT2D eigenvalue weighted by atomic mass is 9.99. The molecule has 0 saturated carbocycles. The highest BCUT2D eigenvalue weighted by atomic mass is 16.1. The smallest absolute Gasteiger partial charge is 0.229 e. The summed E-state index contributed by atoms with van der Waals surface area (Å²) in [6.45, 7) is 5.84. The van der Waals surface area contributed by atoms with Gasteiger partial charge in [0.05, 0.1) is 5.92 Å². The Morgan fingerprint density at radius 1 is 1.38 bits per heavy atom. The van der Waals surface area contributed by atoms with E-state index in [4.69, 9.17) is 0 Å². The fourth-order valence-corrected chi connectivity index (χ4v) is 2.88. The standard InChI is InChI=1S/C17H27N3O/c1-12(2)9-13(20(3)4)10-19-17(21)15-11-18-16-8-6-5-7-14(15)16/h5-8,12-13,15,18H,9-11H2,1-4H3,(H,19,21). The van der Waals surface area contributed by atoms with Crippen molar-refractivity contribution in [1.82, 2.24) is 10.2 Å². The Bertz CT molecular complexity index is 485. The molecule has 1 heterocycles. The molecule has 116 valence electrons. The highest BCUT2D eigenvalue weighted by Crippen LogP contribution is 2.30. The molecule has 1 aromatic rings. The van der Waals surface area contributed by atoms with Crippen LogP contribution < -0.4 is 10.6 Å². The van der Waals surface area contributed by atoms with Gasteiger partial charge in [0.15, 0.2) is 0 Å². The van der Waals surface area contributed by atoms with Crippen LogP contribution >= 0.6 is 0 Å². The molecule has 0 fully saturated rings. The van der Waals surface area contributed by atoms with Crippen LogP contribution in [0, 0.1) is 5.92 Å². The minimum Gasteiger partial charge on any atom is -0.384 e. The Labute approximate surface area is 127 Å². The van der Waals surface area contributed by atoms with Gasteiger partial charge in [0.1, 0.15) is 0 Å². The van der Waals surface area contributed by atoms with Gasteiger partial charge in [-0.1, -0.05) is 32.0 Å². The molecule has 2 atom stereocenters. The Morgan fingerprint density at radius 3 is 2.76 bits per heavy atom. The molecular formula is C17H27N3O. The van der Waals surface area contributed by atoms with Crippen LogP contribution in [0.15, 0.2) is 24.3 Å². The van der Waals surface area contributed by atoms with Gasteiger partial charge in [0.25, 0.3) is 0 Å². The van der Waals surface area contributed by atoms with Gasteiger partial charge in [0, 0.05) is 24.8 Å². The van der Waals surface area contributed by atoms with Crippen molar-refractivity contribution in [2.45, 2.75) is 32.2 Å². The number of hydrogen-bond donors (Lipinski definition) is 2. The van der Waals surface area contributed by atoms with Crippen LogP contribution in [0.4, 0.5) is 5.69 Å². The Kier molecular flexibility index (Phi) is 5.23. The van der Waals surface area contributed by atoms with Gasteiger partial charge in [-0.2, -0.15) is 0 Å². The average molecular weight is 289 g/mol. The second kappa shape index (κ2) is 6.94. The van der Waals surface area contributed by atoms with Crippen molar-refractivity contribution in [2.75, 3.05) is 32.5 Å². The summed E-state index contributed by atoms with van der Waals surface area (Å²) in [5.74, 6) is 0.689. The highest BCUT2D eigenvalue weighted by molar-refractivity contribution is 5.88. The third kappa shape index (κ3) is 3.97. The van der Waals surface area contributed by atoms with E-state index in [0.717, 1.165) is 17.7 Å². The van der Waals surface area contributed by atoms with Crippen LogP contribution in [0.2, 0.25) is 0 Å². The van der Waals surface area contributed by atoms with Crippen molar-refractivity contribution in [1.29, 1.82) is 0 Å². The topological polar surface area (TPSA) is 44.4 Å². The molecule has 0 spiro atoms. The van der Waals surface area contributed by atoms with Gasteiger partial charge in [-0.05, 0) is 38.1 Å². The summed E-state index contributed by atoms with van der Waals surface area (Å²) >= 11 is 0. The zero-order valence-corrected chi connectivity index (χ0v) is 13.5. The van der Waals surface area contributed by atoms with E-state index in [-0.39, 0.29) is 11.8 Å². The summed E-state index contributed by atoms with van der Waals surface area (Å²) < 4.78 is 0. The van der Waals surface area contributed by atoms with E-state index in [0.29, 0.717) is 25.0 Å². The molecule has 1 aromatic carbocycles. The predicted octanol–water partition coefficient (Wildman–Crippen LogP) is 2.29. The highest BCUT2D eigenvalue weighted by Gasteiger charge is 2.28. The van der Waals surface area contributed by atoms with Gasteiger partial charge in [0.2, 0.25) is 5.91 Å². The zero-order chi connectivity index (χ0) is 15.4. The summed E-state index contributed by atoms with van der Waals surface area (Å²) in [7, 11) is 4.15. The maximum absolute atomic E-state index is 12.5. The number of amides is 1. The van der Waals surface area contributed by atoms with Crippen LogP contribution in [-0.4, -0.2) is 44.0 Å². The second-order valence-corrected chi connectivity index (χ2v) is 6.51. The van der Waals surface area contributed by atoms with Crippen molar-refractivity contribution in [3.05, 3.63) is 29.8 Å². The molecule has 1 amide bonds. The zero-order valence-electron chi connectivity index (χ0n) is 13.5. The number of carbonyl (C=O) groups is 1. The molecule has 0 saturated heterocycles. The summed E-state index contributed by atoms with van der Waals surface area (Å²) in [5.41, 5.74) is 2.20. The SMILES string of the molecule is CC(C)CC(CNC(=O)C1CNc2ccccc21)N(C)C. The largest absolute Gasteiger partial charge is 0.384 e. The predicted molar refractivity (Wildman–Crippen MR) is 87.6 cm³/mol. The monoisotopic (exact) mass is 289 g/mol. The van der Waals surface area contributed by atoms with Crippen LogP contribution in [0.3, 0.4) is 0 Å². The Morgan fingerprint density at radius 2 is 2.10 bits per heavy atom. The van der Waals surface area contributed by atoms with Gasteiger partial charge in [-0.25, -0.2) is 0 Å². The van der Waals surface area contributed by atoms with Crippen LogP contribution in [0.25, 0.3) is 0 Å². The average Bonchev–Trinajstić information content (AvgIpc) is 2.86. The van der Waals surface area contributed by atoms with Gasteiger partial charge in [-0.3, -0.25) is 4.79 Å². The number of carbonyl (C=O) groups excluding carboxylic acids is 1. The van der Waals surface area contributed by atoms with E-state index in [1.807, 2.05) is 24.3 Å². The molecule has 0 aromatic heterocycles. The quantitative estimate of drug-likeness (QED) is 0.844. The minimum atomic E-state index is -0.0666.